The van der Waals surface area contributed by atoms with Crippen LogP contribution in [0, 0.1) is 11.3 Å². The number of benzene rings is 2. The van der Waals surface area contributed by atoms with Crippen LogP contribution in [0.4, 0.5) is 24.8 Å². The number of hydrogen-bond acceptors (Lipinski definition) is 3. The molecule has 1 N–H and O–H groups in total. The fourth-order valence-corrected chi connectivity index (χ4v) is 4.86. The van der Waals surface area contributed by atoms with Crippen molar-refractivity contribution < 1.29 is 17.9 Å². The number of ether oxygens (including phenoxy) is 1. The number of hydrogen-bond donors (Lipinski definition) is 1. The van der Waals surface area contributed by atoms with Gasteiger partial charge in [-0.3, -0.25) is 0 Å². The van der Waals surface area contributed by atoms with Crippen LogP contribution in [-0.4, -0.2) is 15.9 Å². The molecule has 4 nitrogen and oxygen atoms in total. The zero-order chi connectivity index (χ0) is 21.5. The van der Waals surface area contributed by atoms with Crippen molar-refractivity contribution in [1.29, 1.82) is 0 Å². The first-order chi connectivity index (χ1) is 14.1. The highest BCUT2D eigenvalue weighted by Crippen LogP contribution is 2.46. The topological polar surface area (TPSA) is 39.1 Å². The molecule has 2 aromatic carbocycles. The van der Waals surface area contributed by atoms with Crippen molar-refractivity contribution in [1.82, 2.24) is 9.55 Å². The van der Waals surface area contributed by atoms with Gasteiger partial charge >= 0.3 is 6.36 Å². The Kier molecular flexibility index (Phi) is 5.16. The molecule has 0 amide bonds. The minimum atomic E-state index is -4.70. The minimum absolute atomic E-state index is 0.238. The van der Waals surface area contributed by atoms with E-state index in [-0.39, 0.29) is 11.2 Å². The van der Waals surface area contributed by atoms with Crippen LogP contribution >= 0.6 is 0 Å². The van der Waals surface area contributed by atoms with Gasteiger partial charge < -0.3 is 14.6 Å². The summed E-state index contributed by atoms with van der Waals surface area (Å²) in [4.78, 5) is 4.78. The average Bonchev–Trinajstić information content (AvgIpc) is 2.98. The SMILES string of the molecule is C[C@H]1C[C@@H](n2c(Nc3ccc(OC(F)(F)F)cc3)nc3ccccc32)CC(C)(C)C1. The Morgan fingerprint density at radius 2 is 1.77 bits per heavy atom. The standard InChI is InChI=1S/C23H26F3N3O/c1-15-12-17(14-22(2,3)13-15)29-20-7-5-4-6-19(20)28-21(29)27-16-8-10-18(11-9-16)30-23(24,25)26/h4-11,15,17H,12-14H2,1-3H3,(H,27,28)/t15-,17+/m0/s1. The predicted molar refractivity (Wildman–Crippen MR) is 112 cm³/mol. The third-order valence-corrected chi connectivity index (χ3v) is 5.67. The summed E-state index contributed by atoms with van der Waals surface area (Å²) < 4.78 is 43.4. The van der Waals surface area contributed by atoms with E-state index in [1.54, 1.807) is 12.1 Å². The van der Waals surface area contributed by atoms with Crippen molar-refractivity contribution in [3.63, 3.8) is 0 Å². The van der Waals surface area contributed by atoms with Gasteiger partial charge in [0.25, 0.3) is 0 Å². The highest BCUT2D eigenvalue weighted by atomic mass is 19.4. The molecular weight excluding hydrogens is 391 g/mol. The summed E-state index contributed by atoms with van der Waals surface area (Å²) in [5.74, 6) is 1.06. The second kappa shape index (κ2) is 7.52. The van der Waals surface area contributed by atoms with Crippen LogP contribution in [-0.2, 0) is 0 Å². The molecule has 2 atom stereocenters. The van der Waals surface area contributed by atoms with E-state index in [0.717, 1.165) is 23.9 Å². The van der Waals surface area contributed by atoms with Gasteiger partial charge in [-0.2, -0.15) is 0 Å². The molecule has 0 spiro atoms. The van der Waals surface area contributed by atoms with E-state index < -0.39 is 6.36 Å². The van der Waals surface area contributed by atoms with Crippen molar-refractivity contribution in [2.45, 2.75) is 52.4 Å². The smallest absolute Gasteiger partial charge is 0.406 e. The van der Waals surface area contributed by atoms with Crippen LogP contribution in [0.3, 0.4) is 0 Å². The number of para-hydroxylation sites is 2. The molecule has 160 valence electrons. The molecule has 1 heterocycles. The van der Waals surface area contributed by atoms with Gasteiger partial charge in [-0.1, -0.05) is 32.9 Å². The van der Waals surface area contributed by atoms with Gasteiger partial charge in [0.1, 0.15) is 5.75 Å². The molecule has 3 aromatic rings. The molecule has 1 aliphatic carbocycles. The van der Waals surface area contributed by atoms with Crippen molar-refractivity contribution in [2.75, 3.05) is 5.32 Å². The molecule has 1 aliphatic rings. The normalized spacial score (nSPS) is 21.5. The van der Waals surface area contributed by atoms with E-state index in [2.05, 4.69) is 41.5 Å². The fourth-order valence-electron chi connectivity index (χ4n) is 4.86. The first kappa shape index (κ1) is 20.6. The number of alkyl halides is 3. The Morgan fingerprint density at radius 3 is 2.43 bits per heavy atom. The zero-order valence-corrected chi connectivity index (χ0v) is 17.3. The van der Waals surface area contributed by atoms with Gasteiger partial charge in [0.05, 0.1) is 11.0 Å². The third-order valence-electron chi connectivity index (χ3n) is 5.67. The Hall–Kier alpha value is -2.70. The molecular formula is C23H26F3N3O. The van der Waals surface area contributed by atoms with Crippen LogP contribution in [0.25, 0.3) is 11.0 Å². The molecule has 1 aromatic heterocycles. The van der Waals surface area contributed by atoms with Crippen molar-refractivity contribution in [3.8, 4) is 5.75 Å². The van der Waals surface area contributed by atoms with Crippen molar-refractivity contribution in [3.05, 3.63) is 48.5 Å². The molecule has 30 heavy (non-hydrogen) atoms. The van der Waals surface area contributed by atoms with Crippen LogP contribution in [0.2, 0.25) is 0 Å². The lowest BCUT2D eigenvalue weighted by molar-refractivity contribution is -0.274. The van der Waals surface area contributed by atoms with Gasteiger partial charge in [-0.25, -0.2) is 4.98 Å². The van der Waals surface area contributed by atoms with E-state index in [1.807, 2.05) is 18.2 Å². The summed E-state index contributed by atoms with van der Waals surface area (Å²) in [6, 6.07) is 14.0. The van der Waals surface area contributed by atoms with E-state index in [9.17, 15) is 13.2 Å². The van der Waals surface area contributed by atoms with Gasteiger partial charge in [-0.15, -0.1) is 13.2 Å². The van der Waals surface area contributed by atoms with Crippen LogP contribution < -0.4 is 10.1 Å². The number of halogens is 3. The summed E-state index contributed by atoms with van der Waals surface area (Å²) in [6.07, 6.45) is -1.39. The average molecular weight is 417 g/mol. The molecule has 4 rings (SSSR count). The van der Waals surface area contributed by atoms with Gasteiger partial charge in [-0.05, 0) is 67.0 Å². The second-order valence-corrected chi connectivity index (χ2v) is 9.06. The molecule has 0 radical (unpaired) electrons. The summed E-state index contributed by atoms with van der Waals surface area (Å²) in [5.41, 5.74) is 2.85. The highest BCUT2D eigenvalue weighted by Gasteiger charge is 2.34. The molecule has 0 aliphatic heterocycles. The van der Waals surface area contributed by atoms with E-state index in [1.165, 1.54) is 18.6 Å². The number of fused-ring (bicyclic) bond motifs is 1. The van der Waals surface area contributed by atoms with E-state index in [0.29, 0.717) is 23.6 Å². The molecule has 7 heteroatoms. The number of imidazole rings is 1. The maximum atomic E-state index is 12.4. The lowest BCUT2D eigenvalue weighted by Crippen LogP contribution is -2.29. The zero-order valence-electron chi connectivity index (χ0n) is 17.3. The Labute approximate surface area is 174 Å². The maximum absolute atomic E-state index is 12.4. The largest absolute Gasteiger partial charge is 0.573 e. The number of nitrogens with one attached hydrogen (secondary N) is 1. The molecule has 1 saturated carbocycles. The number of aromatic nitrogens is 2. The first-order valence-corrected chi connectivity index (χ1v) is 10.2. The second-order valence-electron chi connectivity index (χ2n) is 9.06. The summed E-state index contributed by atoms with van der Waals surface area (Å²) in [5, 5.41) is 3.31. The highest BCUT2D eigenvalue weighted by molar-refractivity contribution is 5.80. The molecule has 1 fully saturated rings. The van der Waals surface area contributed by atoms with Crippen LogP contribution in [0.15, 0.2) is 48.5 Å². The monoisotopic (exact) mass is 417 g/mol. The van der Waals surface area contributed by atoms with Crippen molar-refractivity contribution >= 4 is 22.7 Å². The summed E-state index contributed by atoms with van der Waals surface area (Å²) in [7, 11) is 0. The van der Waals surface area contributed by atoms with E-state index >= 15 is 0 Å². The van der Waals surface area contributed by atoms with E-state index in [4.69, 9.17) is 4.98 Å². The van der Waals surface area contributed by atoms with Crippen LogP contribution in [0.5, 0.6) is 5.75 Å². The number of nitrogens with zero attached hydrogens (tertiary/aromatic N) is 2. The Morgan fingerprint density at radius 1 is 1.07 bits per heavy atom. The lowest BCUT2D eigenvalue weighted by atomic mass is 9.70. The van der Waals surface area contributed by atoms with Crippen molar-refractivity contribution in [2.24, 2.45) is 11.3 Å². The maximum Gasteiger partial charge on any atom is 0.573 e. The third kappa shape index (κ3) is 4.55. The fraction of sp³-hybridized carbons (Fsp3) is 0.435. The van der Waals surface area contributed by atoms with Gasteiger partial charge in [0.15, 0.2) is 0 Å². The first-order valence-electron chi connectivity index (χ1n) is 10.2. The quantitative estimate of drug-likeness (QED) is 0.494. The summed E-state index contributed by atoms with van der Waals surface area (Å²) >= 11 is 0. The Bertz CT molecular complexity index is 1020. The molecule has 0 saturated heterocycles. The molecule has 0 bridgehead atoms. The number of rotatable bonds is 4. The molecule has 0 unspecified atom stereocenters. The lowest BCUT2D eigenvalue weighted by Gasteiger charge is -2.40. The van der Waals surface area contributed by atoms with Gasteiger partial charge in [0.2, 0.25) is 5.95 Å². The summed E-state index contributed by atoms with van der Waals surface area (Å²) in [6.45, 7) is 6.90. The Balaban J connectivity index is 1.67. The number of anilines is 2. The van der Waals surface area contributed by atoms with Crippen LogP contribution in [0.1, 0.15) is 46.1 Å². The predicted octanol–water partition coefficient (Wildman–Crippen LogP) is 7.07. The minimum Gasteiger partial charge on any atom is -0.406 e. The van der Waals surface area contributed by atoms with Gasteiger partial charge in [0, 0.05) is 11.7 Å².